The van der Waals surface area contributed by atoms with Crippen molar-refractivity contribution in [1.82, 2.24) is 20.2 Å². The van der Waals surface area contributed by atoms with Gasteiger partial charge in [-0.3, -0.25) is 5.10 Å². The van der Waals surface area contributed by atoms with Gasteiger partial charge in [-0.2, -0.15) is 5.10 Å². The lowest BCUT2D eigenvalue weighted by Gasteiger charge is -2.06. The van der Waals surface area contributed by atoms with E-state index in [1.54, 1.807) is 12.4 Å². The molecular weight excluding hydrogens is 240 g/mol. The van der Waals surface area contributed by atoms with Crippen LogP contribution in [0.15, 0.2) is 12.4 Å². The molecular formula is C10H20N4O2S. The summed E-state index contributed by atoms with van der Waals surface area (Å²) in [6, 6.07) is 0. The monoisotopic (exact) mass is 260 g/mol. The Morgan fingerprint density at radius 3 is 2.88 bits per heavy atom. The van der Waals surface area contributed by atoms with Gasteiger partial charge >= 0.3 is 0 Å². The van der Waals surface area contributed by atoms with E-state index in [4.69, 9.17) is 0 Å². The molecule has 3 N–H and O–H groups in total. The summed E-state index contributed by atoms with van der Waals surface area (Å²) in [6.45, 7) is 4.04. The molecule has 0 fully saturated rings. The normalized spacial score (nSPS) is 11.8. The van der Waals surface area contributed by atoms with Crippen LogP contribution < -0.4 is 10.0 Å². The Morgan fingerprint density at radius 1 is 1.41 bits per heavy atom. The van der Waals surface area contributed by atoms with Crippen LogP contribution in [0.4, 0.5) is 0 Å². The third-order valence-electron chi connectivity index (χ3n) is 2.24. The lowest BCUT2D eigenvalue weighted by Crippen LogP contribution is -2.28. The van der Waals surface area contributed by atoms with Crippen molar-refractivity contribution in [3.05, 3.63) is 18.0 Å². The molecule has 1 heterocycles. The number of aromatic amines is 1. The Morgan fingerprint density at radius 2 is 2.24 bits per heavy atom. The maximum Gasteiger partial charge on any atom is 0.211 e. The van der Waals surface area contributed by atoms with Crippen LogP contribution in [0.25, 0.3) is 0 Å². The lowest BCUT2D eigenvalue weighted by atomic mass is 10.4. The van der Waals surface area contributed by atoms with Crippen LogP contribution in [0.3, 0.4) is 0 Å². The molecule has 0 radical (unpaired) electrons. The van der Waals surface area contributed by atoms with Crippen molar-refractivity contribution >= 4 is 10.0 Å². The summed E-state index contributed by atoms with van der Waals surface area (Å²) < 4.78 is 25.7. The van der Waals surface area contributed by atoms with Gasteiger partial charge in [-0.1, -0.05) is 6.92 Å². The van der Waals surface area contributed by atoms with Crippen molar-refractivity contribution in [1.29, 1.82) is 0 Å². The van der Waals surface area contributed by atoms with Gasteiger partial charge in [0.2, 0.25) is 10.0 Å². The zero-order valence-electron chi connectivity index (χ0n) is 10.1. The molecule has 0 aromatic carbocycles. The molecule has 0 aliphatic carbocycles. The van der Waals surface area contributed by atoms with Gasteiger partial charge in [0.15, 0.2) is 0 Å². The Kier molecular flexibility index (Phi) is 6.17. The molecule has 0 aliphatic heterocycles. The van der Waals surface area contributed by atoms with Crippen molar-refractivity contribution in [2.24, 2.45) is 0 Å². The van der Waals surface area contributed by atoms with Crippen LogP contribution in [0, 0.1) is 0 Å². The maximum absolute atomic E-state index is 11.6. The molecule has 0 saturated heterocycles. The van der Waals surface area contributed by atoms with Gasteiger partial charge in [-0.25, -0.2) is 13.1 Å². The van der Waals surface area contributed by atoms with Crippen molar-refractivity contribution in [2.75, 3.05) is 18.8 Å². The number of hydrogen-bond acceptors (Lipinski definition) is 4. The highest BCUT2D eigenvalue weighted by atomic mass is 32.2. The molecule has 0 amide bonds. The predicted octanol–water partition coefficient (Wildman–Crippen LogP) is 0.219. The average Bonchev–Trinajstić information content (AvgIpc) is 2.79. The molecule has 0 bridgehead atoms. The number of nitrogens with one attached hydrogen (secondary N) is 3. The van der Waals surface area contributed by atoms with Crippen LogP contribution in [0.5, 0.6) is 0 Å². The van der Waals surface area contributed by atoms with Gasteiger partial charge in [0.05, 0.1) is 11.9 Å². The molecule has 1 aromatic heterocycles. The Bertz CT molecular complexity index is 388. The summed E-state index contributed by atoms with van der Waals surface area (Å²) in [5.41, 5.74) is 0.831. The third-order valence-corrected chi connectivity index (χ3v) is 3.65. The summed E-state index contributed by atoms with van der Waals surface area (Å²) >= 11 is 0. The standard InChI is InChI=1S/C10H20N4O2S/c1-2-4-11-5-3-6-17(15,16)14-9-10-7-12-13-8-10/h7-8,11,14H,2-6,9H2,1H3,(H,12,13). The van der Waals surface area contributed by atoms with Crippen LogP contribution in [0.1, 0.15) is 25.3 Å². The minimum atomic E-state index is -3.18. The van der Waals surface area contributed by atoms with E-state index in [0.717, 1.165) is 25.1 Å². The number of rotatable bonds is 9. The molecule has 7 heteroatoms. The van der Waals surface area contributed by atoms with E-state index in [0.29, 0.717) is 13.0 Å². The predicted molar refractivity (Wildman–Crippen MR) is 67.0 cm³/mol. The minimum Gasteiger partial charge on any atom is -0.317 e. The molecule has 0 atom stereocenters. The first-order valence-corrected chi connectivity index (χ1v) is 7.45. The largest absolute Gasteiger partial charge is 0.317 e. The quantitative estimate of drug-likeness (QED) is 0.554. The second-order valence-corrected chi connectivity index (χ2v) is 5.78. The van der Waals surface area contributed by atoms with Gasteiger partial charge in [0.25, 0.3) is 0 Å². The van der Waals surface area contributed by atoms with Crippen LogP contribution >= 0.6 is 0 Å². The second kappa shape index (κ2) is 7.41. The van der Waals surface area contributed by atoms with Crippen molar-refractivity contribution in [3.63, 3.8) is 0 Å². The molecule has 1 rings (SSSR count). The number of hydrogen-bond donors (Lipinski definition) is 3. The van der Waals surface area contributed by atoms with Crippen LogP contribution in [0.2, 0.25) is 0 Å². The smallest absolute Gasteiger partial charge is 0.211 e. The number of aromatic nitrogens is 2. The van der Waals surface area contributed by atoms with E-state index < -0.39 is 10.0 Å². The molecule has 17 heavy (non-hydrogen) atoms. The average molecular weight is 260 g/mol. The summed E-state index contributed by atoms with van der Waals surface area (Å²) in [6.07, 6.45) is 4.96. The van der Waals surface area contributed by atoms with E-state index in [2.05, 4.69) is 27.2 Å². The highest BCUT2D eigenvalue weighted by molar-refractivity contribution is 7.89. The maximum atomic E-state index is 11.6. The highest BCUT2D eigenvalue weighted by Gasteiger charge is 2.09. The summed E-state index contributed by atoms with van der Waals surface area (Å²) in [7, 11) is -3.18. The van der Waals surface area contributed by atoms with Crippen molar-refractivity contribution in [2.45, 2.75) is 26.3 Å². The van der Waals surface area contributed by atoms with Gasteiger partial charge in [-0.05, 0) is 25.9 Å². The summed E-state index contributed by atoms with van der Waals surface area (Å²) in [5, 5.41) is 9.56. The van der Waals surface area contributed by atoms with Crippen molar-refractivity contribution in [3.8, 4) is 0 Å². The summed E-state index contributed by atoms with van der Waals surface area (Å²) in [4.78, 5) is 0. The fourth-order valence-corrected chi connectivity index (χ4v) is 2.38. The number of nitrogens with zero attached hydrogens (tertiary/aromatic N) is 1. The first kappa shape index (κ1) is 14.1. The zero-order valence-corrected chi connectivity index (χ0v) is 10.9. The Balaban J connectivity index is 2.17. The first-order chi connectivity index (χ1) is 8.14. The van der Waals surface area contributed by atoms with Gasteiger partial charge in [0.1, 0.15) is 0 Å². The fraction of sp³-hybridized carbons (Fsp3) is 0.700. The Hall–Kier alpha value is -0.920. The van der Waals surface area contributed by atoms with E-state index in [-0.39, 0.29) is 5.75 Å². The second-order valence-electron chi connectivity index (χ2n) is 3.85. The van der Waals surface area contributed by atoms with Crippen LogP contribution in [-0.4, -0.2) is 37.5 Å². The van der Waals surface area contributed by atoms with Gasteiger partial charge in [0, 0.05) is 18.3 Å². The SMILES string of the molecule is CCCNCCCS(=O)(=O)NCc1cn[nH]c1. The zero-order chi connectivity index (χ0) is 12.6. The number of H-pyrrole nitrogens is 1. The first-order valence-electron chi connectivity index (χ1n) is 5.80. The summed E-state index contributed by atoms with van der Waals surface area (Å²) in [5.74, 6) is 0.154. The van der Waals surface area contributed by atoms with E-state index in [1.165, 1.54) is 0 Å². The molecule has 98 valence electrons. The van der Waals surface area contributed by atoms with Crippen molar-refractivity contribution < 1.29 is 8.42 Å². The van der Waals surface area contributed by atoms with E-state index >= 15 is 0 Å². The topological polar surface area (TPSA) is 86.9 Å². The Labute approximate surface area is 102 Å². The fourth-order valence-electron chi connectivity index (χ4n) is 1.33. The van der Waals surface area contributed by atoms with Crippen LogP contribution in [-0.2, 0) is 16.6 Å². The minimum absolute atomic E-state index is 0.154. The molecule has 0 unspecified atom stereocenters. The van der Waals surface area contributed by atoms with E-state index in [1.807, 2.05) is 0 Å². The van der Waals surface area contributed by atoms with E-state index in [9.17, 15) is 8.42 Å². The van der Waals surface area contributed by atoms with Gasteiger partial charge < -0.3 is 5.32 Å². The molecule has 0 spiro atoms. The molecule has 1 aromatic rings. The third kappa shape index (κ3) is 6.40. The molecule has 0 saturated carbocycles. The molecule has 6 nitrogen and oxygen atoms in total. The lowest BCUT2D eigenvalue weighted by molar-refractivity contribution is 0.574. The van der Waals surface area contributed by atoms with Gasteiger partial charge in [-0.15, -0.1) is 0 Å². The highest BCUT2D eigenvalue weighted by Crippen LogP contribution is 1.96. The molecule has 0 aliphatic rings. The number of sulfonamides is 1.